The minimum absolute atomic E-state index is 0.0949. The Morgan fingerprint density at radius 1 is 1.16 bits per heavy atom. The van der Waals surface area contributed by atoms with Crippen LogP contribution in [-0.2, 0) is 16.1 Å². The van der Waals surface area contributed by atoms with Gasteiger partial charge in [-0.25, -0.2) is 0 Å². The van der Waals surface area contributed by atoms with E-state index in [-0.39, 0.29) is 12.5 Å². The van der Waals surface area contributed by atoms with Crippen LogP contribution < -0.4 is 0 Å². The average molecular weight is 262 g/mol. The fraction of sp³-hybridized carbons (Fsp3) is 0.533. The highest BCUT2D eigenvalue weighted by Gasteiger charge is 2.20. The number of carbonyl (C=O) groups excluding carboxylic acids is 1. The van der Waals surface area contributed by atoms with E-state index in [1.54, 1.807) is 7.11 Å². The molecular formula is C15H22N2O2. The van der Waals surface area contributed by atoms with E-state index in [2.05, 4.69) is 36.1 Å². The highest BCUT2D eigenvalue weighted by Crippen LogP contribution is 2.10. The molecule has 0 aliphatic carbocycles. The van der Waals surface area contributed by atoms with Crippen molar-refractivity contribution in [3.8, 4) is 0 Å². The number of methoxy groups -OCH3 is 1. The van der Waals surface area contributed by atoms with Gasteiger partial charge in [-0.2, -0.15) is 0 Å². The van der Waals surface area contributed by atoms with Gasteiger partial charge in [0.1, 0.15) is 6.61 Å². The standard InChI is InChI=1S/C15H22N2O2/c1-13-3-5-14(6-4-13)11-16-7-9-17(10-8-16)15(18)12-19-2/h3-6H,7-12H2,1-2H3. The Labute approximate surface area is 115 Å². The van der Waals surface area contributed by atoms with Crippen LogP contribution in [0.2, 0.25) is 0 Å². The summed E-state index contributed by atoms with van der Waals surface area (Å²) in [4.78, 5) is 16.0. The Hall–Kier alpha value is -1.39. The van der Waals surface area contributed by atoms with Crippen LogP contribution in [0.1, 0.15) is 11.1 Å². The first-order valence-corrected chi connectivity index (χ1v) is 6.73. The van der Waals surface area contributed by atoms with Crippen molar-refractivity contribution < 1.29 is 9.53 Å². The first-order chi connectivity index (χ1) is 9.19. The lowest BCUT2D eigenvalue weighted by atomic mass is 10.1. The zero-order valence-corrected chi connectivity index (χ0v) is 11.8. The summed E-state index contributed by atoms with van der Waals surface area (Å²) in [5, 5.41) is 0. The third-order valence-corrected chi connectivity index (χ3v) is 3.52. The van der Waals surface area contributed by atoms with Gasteiger partial charge in [-0.15, -0.1) is 0 Å². The lowest BCUT2D eigenvalue weighted by molar-refractivity contribution is -0.136. The van der Waals surface area contributed by atoms with Crippen molar-refractivity contribution in [2.75, 3.05) is 39.9 Å². The molecule has 0 radical (unpaired) electrons. The lowest BCUT2D eigenvalue weighted by Crippen LogP contribution is -2.49. The van der Waals surface area contributed by atoms with Gasteiger partial charge in [0.2, 0.25) is 5.91 Å². The molecule has 1 aromatic carbocycles. The number of hydrogen-bond donors (Lipinski definition) is 0. The summed E-state index contributed by atoms with van der Waals surface area (Å²) in [6.07, 6.45) is 0. The summed E-state index contributed by atoms with van der Waals surface area (Å²) in [5.74, 6) is 0.0949. The van der Waals surface area contributed by atoms with E-state index < -0.39 is 0 Å². The van der Waals surface area contributed by atoms with Gasteiger partial charge in [-0.3, -0.25) is 9.69 Å². The van der Waals surface area contributed by atoms with Crippen molar-refractivity contribution in [3.05, 3.63) is 35.4 Å². The van der Waals surface area contributed by atoms with Crippen LogP contribution in [0.5, 0.6) is 0 Å². The minimum Gasteiger partial charge on any atom is -0.375 e. The van der Waals surface area contributed by atoms with Crippen molar-refractivity contribution in [1.82, 2.24) is 9.80 Å². The first-order valence-electron chi connectivity index (χ1n) is 6.73. The van der Waals surface area contributed by atoms with Gasteiger partial charge in [0, 0.05) is 39.8 Å². The minimum atomic E-state index is 0.0949. The molecule has 1 heterocycles. The molecule has 0 spiro atoms. The molecule has 1 saturated heterocycles. The maximum Gasteiger partial charge on any atom is 0.248 e. The number of piperazine rings is 1. The number of rotatable bonds is 4. The van der Waals surface area contributed by atoms with Gasteiger partial charge in [-0.05, 0) is 12.5 Å². The second-order valence-electron chi connectivity index (χ2n) is 5.08. The van der Waals surface area contributed by atoms with Crippen LogP contribution in [0.3, 0.4) is 0 Å². The molecule has 1 aromatic rings. The molecule has 0 atom stereocenters. The fourth-order valence-electron chi connectivity index (χ4n) is 2.32. The first kappa shape index (κ1) is 14.0. The summed E-state index contributed by atoms with van der Waals surface area (Å²) < 4.78 is 4.89. The molecule has 1 aliphatic heterocycles. The largest absolute Gasteiger partial charge is 0.375 e. The normalized spacial score (nSPS) is 16.6. The van der Waals surface area contributed by atoms with E-state index in [0.29, 0.717) is 0 Å². The molecule has 2 rings (SSSR count). The molecule has 0 aromatic heterocycles. The molecule has 4 heteroatoms. The van der Waals surface area contributed by atoms with Crippen LogP contribution in [0.15, 0.2) is 24.3 Å². The van der Waals surface area contributed by atoms with Crippen molar-refractivity contribution >= 4 is 5.91 Å². The maximum absolute atomic E-state index is 11.7. The fourth-order valence-corrected chi connectivity index (χ4v) is 2.32. The van der Waals surface area contributed by atoms with Crippen LogP contribution in [0, 0.1) is 6.92 Å². The summed E-state index contributed by atoms with van der Waals surface area (Å²) in [5.41, 5.74) is 2.63. The summed E-state index contributed by atoms with van der Waals surface area (Å²) in [6, 6.07) is 8.65. The zero-order valence-electron chi connectivity index (χ0n) is 11.8. The summed E-state index contributed by atoms with van der Waals surface area (Å²) in [6.45, 7) is 6.73. The molecule has 19 heavy (non-hydrogen) atoms. The smallest absolute Gasteiger partial charge is 0.248 e. The molecule has 1 amide bonds. The van der Waals surface area contributed by atoms with E-state index in [0.717, 1.165) is 32.7 Å². The molecule has 1 aliphatic rings. The predicted octanol–water partition coefficient (Wildman–Crippen LogP) is 1.29. The van der Waals surface area contributed by atoms with Crippen molar-refractivity contribution in [1.29, 1.82) is 0 Å². The number of ether oxygens (including phenoxy) is 1. The van der Waals surface area contributed by atoms with Gasteiger partial charge in [0.25, 0.3) is 0 Å². The van der Waals surface area contributed by atoms with E-state index in [9.17, 15) is 4.79 Å². The Morgan fingerprint density at radius 3 is 2.37 bits per heavy atom. The van der Waals surface area contributed by atoms with E-state index >= 15 is 0 Å². The molecule has 0 unspecified atom stereocenters. The number of nitrogens with zero attached hydrogens (tertiary/aromatic N) is 2. The van der Waals surface area contributed by atoms with Gasteiger partial charge in [-0.1, -0.05) is 29.8 Å². The third-order valence-electron chi connectivity index (χ3n) is 3.52. The van der Waals surface area contributed by atoms with Crippen LogP contribution in [0.25, 0.3) is 0 Å². The Balaban J connectivity index is 1.80. The Morgan fingerprint density at radius 2 is 1.79 bits per heavy atom. The number of carbonyl (C=O) groups is 1. The molecule has 104 valence electrons. The van der Waals surface area contributed by atoms with Gasteiger partial charge < -0.3 is 9.64 Å². The second kappa shape index (κ2) is 6.68. The number of amides is 1. The number of benzene rings is 1. The lowest BCUT2D eigenvalue weighted by Gasteiger charge is -2.34. The SMILES string of the molecule is COCC(=O)N1CCN(Cc2ccc(C)cc2)CC1. The van der Waals surface area contributed by atoms with Crippen LogP contribution >= 0.6 is 0 Å². The zero-order chi connectivity index (χ0) is 13.7. The molecule has 0 bridgehead atoms. The molecule has 4 nitrogen and oxygen atoms in total. The molecular weight excluding hydrogens is 240 g/mol. The highest BCUT2D eigenvalue weighted by atomic mass is 16.5. The van der Waals surface area contributed by atoms with E-state index in [1.165, 1.54) is 11.1 Å². The molecule has 0 saturated carbocycles. The predicted molar refractivity (Wildman–Crippen MR) is 74.9 cm³/mol. The summed E-state index contributed by atoms with van der Waals surface area (Å²) in [7, 11) is 1.56. The molecule has 1 fully saturated rings. The monoisotopic (exact) mass is 262 g/mol. The van der Waals surface area contributed by atoms with E-state index in [1.807, 2.05) is 4.90 Å². The van der Waals surface area contributed by atoms with Crippen molar-refractivity contribution in [2.24, 2.45) is 0 Å². The quantitative estimate of drug-likeness (QED) is 0.819. The van der Waals surface area contributed by atoms with Gasteiger partial charge in [0.05, 0.1) is 0 Å². The average Bonchev–Trinajstić information content (AvgIpc) is 2.42. The van der Waals surface area contributed by atoms with Crippen molar-refractivity contribution in [3.63, 3.8) is 0 Å². The maximum atomic E-state index is 11.7. The highest BCUT2D eigenvalue weighted by molar-refractivity contribution is 5.77. The third kappa shape index (κ3) is 4.04. The van der Waals surface area contributed by atoms with E-state index in [4.69, 9.17) is 4.74 Å². The topological polar surface area (TPSA) is 32.8 Å². The van der Waals surface area contributed by atoms with Gasteiger partial charge in [0.15, 0.2) is 0 Å². The molecule has 0 N–H and O–H groups in total. The summed E-state index contributed by atoms with van der Waals surface area (Å²) >= 11 is 0. The van der Waals surface area contributed by atoms with Gasteiger partial charge >= 0.3 is 0 Å². The van der Waals surface area contributed by atoms with Crippen LogP contribution in [-0.4, -0.2) is 55.6 Å². The van der Waals surface area contributed by atoms with Crippen molar-refractivity contribution in [2.45, 2.75) is 13.5 Å². The van der Waals surface area contributed by atoms with Crippen LogP contribution in [0.4, 0.5) is 0 Å². The number of aryl methyl sites for hydroxylation is 1. The Kier molecular flexibility index (Phi) is 4.93. The Bertz CT molecular complexity index is 409. The number of hydrogen-bond acceptors (Lipinski definition) is 3. The second-order valence-corrected chi connectivity index (χ2v) is 5.08.